The van der Waals surface area contributed by atoms with Gasteiger partial charge in [-0.15, -0.1) is 0 Å². The Kier molecular flexibility index (Phi) is 6.10. The van der Waals surface area contributed by atoms with E-state index in [0.717, 1.165) is 16.8 Å². The Morgan fingerprint density at radius 3 is 2.39 bits per heavy atom. The number of hydrogen-bond donors (Lipinski definition) is 3. The molecule has 5 heteroatoms. The predicted molar refractivity (Wildman–Crippen MR) is 69.4 cm³/mol. The number of carboxylic acid groups (broad SMARTS) is 1. The van der Waals surface area contributed by atoms with Crippen LogP contribution in [0.15, 0.2) is 48.7 Å². The number of nitrogens with one attached hydrogen (secondary N) is 1. The Labute approximate surface area is 105 Å². The lowest BCUT2D eigenvalue weighted by atomic mass is 10.1. The molecule has 0 amide bonds. The van der Waals surface area contributed by atoms with Gasteiger partial charge in [0.1, 0.15) is 0 Å². The lowest BCUT2D eigenvalue weighted by molar-refractivity contribution is -0.122. The quantitative estimate of drug-likeness (QED) is 0.432. The van der Waals surface area contributed by atoms with Crippen LogP contribution >= 0.6 is 0 Å². The van der Waals surface area contributed by atoms with E-state index in [1.54, 1.807) is 6.20 Å². The summed E-state index contributed by atoms with van der Waals surface area (Å²) in [6, 6.07) is 14.1. The molecule has 0 aliphatic heterocycles. The maximum atomic E-state index is 8.36. The van der Waals surface area contributed by atoms with Gasteiger partial charge in [0.25, 0.3) is 6.47 Å². The zero-order valence-corrected chi connectivity index (χ0v) is 9.78. The van der Waals surface area contributed by atoms with Crippen LogP contribution in [0.25, 0.3) is 11.3 Å². The maximum absolute atomic E-state index is 8.36. The Morgan fingerprint density at radius 1 is 1.22 bits per heavy atom. The number of rotatable bonds is 3. The molecule has 2 rings (SSSR count). The molecular weight excluding hydrogens is 230 g/mol. The minimum absolute atomic E-state index is 0.250. The minimum atomic E-state index is -0.250. The average molecular weight is 245 g/mol. The number of nitrogens with two attached hydrogens (primary N) is 1. The van der Waals surface area contributed by atoms with Crippen LogP contribution in [0.2, 0.25) is 0 Å². The van der Waals surface area contributed by atoms with Crippen molar-refractivity contribution in [3.8, 4) is 11.3 Å². The fourth-order valence-electron chi connectivity index (χ4n) is 1.44. The van der Waals surface area contributed by atoms with Gasteiger partial charge in [-0.3, -0.25) is 21.0 Å². The van der Waals surface area contributed by atoms with Crippen molar-refractivity contribution in [3.05, 3.63) is 54.2 Å². The summed E-state index contributed by atoms with van der Waals surface area (Å²) in [6.45, 7) is 0.433. The number of carbonyl (C=O) groups is 1. The molecule has 0 saturated carbocycles. The molecule has 94 valence electrons. The van der Waals surface area contributed by atoms with E-state index in [-0.39, 0.29) is 6.47 Å². The van der Waals surface area contributed by atoms with Gasteiger partial charge in [-0.05, 0) is 17.7 Å². The second kappa shape index (κ2) is 7.94. The third kappa shape index (κ3) is 4.32. The van der Waals surface area contributed by atoms with Gasteiger partial charge in [-0.1, -0.05) is 30.3 Å². The molecule has 0 spiro atoms. The standard InChI is InChI=1S/C12H13N3.CH2O2/c13-15-9-10-4-6-11(7-5-10)12-3-1-2-8-14-12;2-1-3/h1-8,15H,9,13H2;1H,(H,2,3). The van der Waals surface area contributed by atoms with Crippen LogP contribution in [-0.2, 0) is 11.3 Å². The number of aromatic nitrogens is 1. The lowest BCUT2D eigenvalue weighted by Gasteiger charge is -2.02. The zero-order chi connectivity index (χ0) is 13.2. The van der Waals surface area contributed by atoms with Crippen LogP contribution in [-0.4, -0.2) is 16.6 Å². The second-order valence-electron chi connectivity index (χ2n) is 3.40. The largest absolute Gasteiger partial charge is 0.483 e. The van der Waals surface area contributed by atoms with Crippen molar-refractivity contribution < 1.29 is 9.90 Å². The first-order chi connectivity index (χ1) is 8.81. The first-order valence-electron chi connectivity index (χ1n) is 5.33. The van der Waals surface area contributed by atoms with Crippen molar-refractivity contribution in [2.45, 2.75) is 6.54 Å². The van der Waals surface area contributed by atoms with Gasteiger partial charge in [0.2, 0.25) is 0 Å². The highest BCUT2D eigenvalue weighted by atomic mass is 16.3. The van der Waals surface area contributed by atoms with Gasteiger partial charge in [0.15, 0.2) is 0 Å². The van der Waals surface area contributed by atoms with E-state index in [9.17, 15) is 0 Å². The summed E-state index contributed by atoms with van der Waals surface area (Å²) in [5, 5.41) is 6.89. The van der Waals surface area contributed by atoms with E-state index in [4.69, 9.17) is 15.7 Å². The summed E-state index contributed by atoms with van der Waals surface area (Å²) in [4.78, 5) is 12.6. The molecule has 0 aliphatic carbocycles. The molecule has 0 fully saturated rings. The number of nitrogens with zero attached hydrogens (tertiary/aromatic N) is 1. The summed E-state index contributed by atoms with van der Waals surface area (Å²) in [5.41, 5.74) is 5.90. The molecule has 1 aromatic carbocycles. The highest BCUT2D eigenvalue weighted by Gasteiger charge is 1.97. The Balaban J connectivity index is 0.000000492. The monoisotopic (exact) mass is 245 g/mol. The molecule has 0 radical (unpaired) electrons. The van der Waals surface area contributed by atoms with Crippen molar-refractivity contribution in [2.24, 2.45) is 5.84 Å². The summed E-state index contributed by atoms with van der Waals surface area (Å²) in [5.74, 6) is 5.25. The molecule has 0 unspecified atom stereocenters. The van der Waals surface area contributed by atoms with Crippen molar-refractivity contribution in [1.82, 2.24) is 10.4 Å². The van der Waals surface area contributed by atoms with Crippen LogP contribution in [0.3, 0.4) is 0 Å². The smallest absolute Gasteiger partial charge is 0.290 e. The minimum Gasteiger partial charge on any atom is -0.483 e. The number of pyridine rings is 1. The van der Waals surface area contributed by atoms with Crippen molar-refractivity contribution >= 4 is 6.47 Å². The fraction of sp³-hybridized carbons (Fsp3) is 0.0769. The summed E-state index contributed by atoms with van der Waals surface area (Å²) in [6.07, 6.45) is 1.80. The van der Waals surface area contributed by atoms with Crippen molar-refractivity contribution in [2.75, 3.05) is 0 Å². The Bertz CT molecular complexity index is 457. The zero-order valence-electron chi connectivity index (χ0n) is 9.78. The average Bonchev–Trinajstić information content (AvgIpc) is 2.42. The molecule has 5 nitrogen and oxygen atoms in total. The molecule has 4 N–H and O–H groups in total. The molecule has 1 heterocycles. The lowest BCUT2D eigenvalue weighted by Crippen LogP contribution is -2.20. The number of hydrogen-bond acceptors (Lipinski definition) is 4. The molecule has 1 aromatic heterocycles. The van der Waals surface area contributed by atoms with E-state index in [1.165, 1.54) is 0 Å². The molecule has 0 bridgehead atoms. The van der Waals surface area contributed by atoms with Crippen LogP contribution in [0.5, 0.6) is 0 Å². The van der Waals surface area contributed by atoms with Gasteiger partial charge in [0.05, 0.1) is 5.69 Å². The summed E-state index contributed by atoms with van der Waals surface area (Å²) >= 11 is 0. The third-order valence-corrected chi connectivity index (χ3v) is 2.22. The third-order valence-electron chi connectivity index (χ3n) is 2.22. The SMILES string of the molecule is NNCc1ccc(-c2ccccn2)cc1.O=CO. The topological polar surface area (TPSA) is 88.2 Å². The van der Waals surface area contributed by atoms with Gasteiger partial charge < -0.3 is 5.11 Å². The van der Waals surface area contributed by atoms with E-state index in [2.05, 4.69) is 22.5 Å². The first-order valence-corrected chi connectivity index (χ1v) is 5.33. The molecular formula is C13H15N3O2. The van der Waals surface area contributed by atoms with Gasteiger partial charge >= 0.3 is 0 Å². The van der Waals surface area contributed by atoms with E-state index >= 15 is 0 Å². The first kappa shape index (κ1) is 13.8. The van der Waals surface area contributed by atoms with Crippen molar-refractivity contribution in [1.29, 1.82) is 0 Å². The van der Waals surface area contributed by atoms with Crippen molar-refractivity contribution in [3.63, 3.8) is 0 Å². The van der Waals surface area contributed by atoms with Gasteiger partial charge in [-0.2, -0.15) is 0 Å². The summed E-state index contributed by atoms with van der Waals surface area (Å²) < 4.78 is 0. The molecule has 2 aromatic rings. The van der Waals surface area contributed by atoms with Gasteiger partial charge in [-0.25, -0.2) is 0 Å². The van der Waals surface area contributed by atoms with Crippen LogP contribution < -0.4 is 11.3 Å². The van der Waals surface area contributed by atoms with E-state index in [0.29, 0.717) is 6.54 Å². The van der Waals surface area contributed by atoms with Crippen LogP contribution in [0.4, 0.5) is 0 Å². The van der Waals surface area contributed by atoms with E-state index < -0.39 is 0 Å². The normalized spacial score (nSPS) is 9.17. The Hall–Kier alpha value is -2.24. The second-order valence-corrected chi connectivity index (χ2v) is 3.40. The molecule has 0 atom stereocenters. The maximum Gasteiger partial charge on any atom is 0.290 e. The molecule has 0 saturated heterocycles. The van der Waals surface area contributed by atoms with Crippen LogP contribution in [0.1, 0.15) is 5.56 Å². The highest BCUT2D eigenvalue weighted by molar-refractivity contribution is 5.58. The number of benzene rings is 1. The highest BCUT2D eigenvalue weighted by Crippen LogP contribution is 2.16. The Morgan fingerprint density at radius 2 is 1.89 bits per heavy atom. The fourth-order valence-corrected chi connectivity index (χ4v) is 1.44. The number of hydrazine groups is 1. The van der Waals surface area contributed by atoms with E-state index in [1.807, 2.05) is 30.3 Å². The summed E-state index contributed by atoms with van der Waals surface area (Å²) in [7, 11) is 0. The molecule has 18 heavy (non-hydrogen) atoms. The van der Waals surface area contributed by atoms with Gasteiger partial charge in [0, 0.05) is 18.3 Å². The molecule has 0 aliphatic rings. The predicted octanol–water partition coefficient (Wildman–Crippen LogP) is 1.41. The van der Waals surface area contributed by atoms with Crippen LogP contribution in [0, 0.1) is 0 Å².